The minimum absolute atomic E-state index is 0.0116. The lowest BCUT2D eigenvalue weighted by Gasteiger charge is -2.45. The number of carbonyl (C=O) groups excluding carboxylic acids is 1. The lowest BCUT2D eigenvalue weighted by Crippen LogP contribution is -2.44. The highest BCUT2D eigenvalue weighted by molar-refractivity contribution is 5.81. The topological polar surface area (TPSA) is 54.0 Å². The van der Waals surface area contributed by atoms with Crippen molar-refractivity contribution in [3.05, 3.63) is 0 Å². The van der Waals surface area contributed by atoms with Crippen LogP contribution in [0.3, 0.4) is 0 Å². The summed E-state index contributed by atoms with van der Waals surface area (Å²) >= 11 is 0. The highest BCUT2D eigenvalue weighted by Gasteiger charge is 2.50. The first-order valence-electron chi connectivity index (χ1n) is 14.2. The minimum atomic E-state index is -0.187. The van der Waals surface area contributed by atoms with Gasteiger partial charge in [0.15, 0.2) is 12.6 Å². The van der Waals surface area contributed by atoms with Crippen molar-refractivity contribution in [3.8, 4) is 23.7 Å². The van der Waals surface area contributed by atoms with Crippen LogP contribution in [-0.2, 0) is 23.7 Å². The van der Waals surface area contributed by atoms with Crippen molar-refractivity contribution >= 4 is 5.78 Å². The normalized spacial score (nSPS) is 36.8. The fraction of sp³-hybridized carbons (Fsp3) is 0.833. The first-order chi connectivity index (χ1) is 17.2. The molecule has 5 aliphatic rings. The molecule has 2 aliphatic heterocycles. The Balaban J connectivity index is 1.37. The predicted octanol–water partition coefficient (Wildman–Crippen LogP) is 5.40. The molecule has 0 spiro atoms. The van der Waals surface area contributed by atoms with Crippen molar-refractivity contribution < 1.29 is 23.7 Å². The van der Waals surface area contributed by atoms with Crippen LogP contribution < -0.4 is 0 Å². The maximum Gasteiger partial charge on any atom is 0.159 e. The third kappa shape index (κ3) is 5.97. The molecule has 0 aromatic rings. The molecule has 1 unspecified atom stereocenters. The maximum absolute atomic E-state index is 12.3. The van der Waals surface area contributed by atoms with E-state index < -0.39 is 0 Å². The number of carbonyl (C=O) groups is 1. The Labute approximate surface area is 211 Å². The van der Waals surface area contributed by atoms with Gasteiger partial charge in [-0.05, 0) is 69.6 Å². The molecule has 0 amide bonds. The predicted molar refractivity (Wildman–Crippen MR) is 133 cm³/mol. The number of fused-ring (bicyclic) bond motifs is 1. The summed E-state index contributed by atoms with van der Waals surface area (Å²) in [6.07, 6.45) is 13.3. The van der Waals surface area contributed by atoms with E-state index in [2.05, 4.69) is 30.6 Å². The number of hydrogen-bond acceptors (Lipinski definition) is 5. The fourth-order valence-corrected chi connectivity index (χ4v) is 6.71. The van der Waals surface area contributed by atoms with Crippen LogP contribution in [0, 0.1) is 46.9 Å². The molecule has 2 heterocycles. The Kier molecular flexibility index (Phi) is 8.51. The van der Waals surface area contributed by atoms with E-state index in [1.54, 1.807) is 0 Å². The van der Waals surface area contributed by atoms with E-state index >= 15 is 0 Å². The largest absolute Gasteiger partial charge is 0.353 e. The Morgan fingerprint density at radius 3 is 2.43 bits per heavy atom. The highest BCUT2D eigenvalue weighted by atomic mass is 16.7. The monoisotopic (exact) mass is 482 g/mol. The van der Waals surface area contributed by atoms with Crippen LogP contribution in [0.4, 0.5) is 0 Å². The number of ether oxygens (including phenoxy) is 4. The van der Waals surface area contributed by atoms with Gasteiger partial charge in [0.25, 0.3) is 0 Å². The van der Waals surface area contributed by atoms with Gasteiger partial charge in [0, 0.05) is 44.3 Å². The SMILES string of the molecule is CCC#CCC1([C@@H](C#C[C@@H]2[C@H]3CC(=O)C[C@H]3C[C@H]2OC2CCCCO2)O[C@H]2CCCCO2)CCC1. The Hall–Kier alpha value is -1.37. The summed E-state index contributed by atoms with van der Waals surface area (Å²) < 4.78 is 25.0. The fourth-order valence-electron chi connectivity index (χ4n) is 6.71. The molecule has 0 aromatic carbocycles. The van der Waals surface area contributed by atoms with E-state index in [1.165, 1.54) is 6.42 Å². The first kappa shape index (κ1) is 25.3. The summed E-state index contributed by atoms with van der Waals surface area (Å²) in [7, 11) is 0. The van der Waals surface area contributed by atoms with E-state index in [4.69, 9.17) is 18.9 Å². The highest BCUT2D eigenvalue weighted by Crippen LogP contribution is 2.50. The summed E-state index contributed by atoms with van der Waals surface area (Å²) in [5, 5.41) is 0. The van der Waals surface area contributed by atoms with E-state index in [0.717, 1.165) is 83.8 Å². The van der Waals surface area contributed by atoms with Gasteiger partial charge in [-0.2, -0.15) is 0 Å². The summed E-state index contributed by atoms with van der Waals surface area (Å²) in [5.41, 5.74) is -0.0116. The van der Waals surface area contributed by atoms with Gasteiger partial charge in [0.2, 0.25) is 0 Å². The Morgan fingerprint density at radius 1 is 1.00 bits per heavy atom. The zero-order valence-electron chi connectivity index (χ0n) is 21.4. The molecule has 35 heavy (non-hydrogen) atoms. The molecule has 0 bridgehead atoms. The molecule has 0 radical (unpaired) electrons. The molecule has 3 saturated carbocycles. The average molecular weight is 483 g/mol. The summed E-state index contributed by atoms with van der Waals surface area (Å²) in [5.74, 6) is 15.1. The molecule has 5 nitrogen and oxygen atoms in total. The van der Waals surface area contributed by atoms with Gasteiger partial charge in [-0.1, -0.05) is 25.2 Å². The molecule has 2 saturated heterocycles. The Morgan fingerprint density at radius 2 is 1.77 bits per heavy atom. The molecular weight excluding hydrogens is 440 g/mol. The molecule has 0 N–H and O–H groups in total. The zero-order valence-corrected chi connectivity index (χ0v) is 21.4. The molecule has 3 aliphatic carbocycles. The van der Waals surface area contributed by atoms with E-state index in [1.807, 2.05) is 0 Å². The molecule has 5 rings (SSSR count). The molecule has 5 fully saturated rings. The van der Waals surface area contributed by atoms with Crippen LogP contribution in [0.25, 0.3) is 0 Å². The van der Waals surface area contributed by atoms with Gasteiger partial charge < -0.3 is 18.9 Å². The zero-order chi connectivity index (χ0) is 24.1. The van der Waals surface area contributed by atoms with Gasteiger partial charge in [-0.15, -0.1) is 11.8 Å². The van der Waals surface area contributed by atoms with Crippen LogP contribution in [0.5, 0.6) is 0 Å². The number of ketones is 1. The molecule has 7 atom stereocenters. The van der Waals surface area contributed by atoms with Crippen LogP contribution in [-0.4, -0.2) is 43.8 Å². The van der Waals surface area contributed by atoms with Gasteiger partial charge in [0.05, 0.1) is 12.0 Å². The van der Waals surface area contributed by atoms with Crippen LogP contribution in [0.2, 0.25) is 0 Å². The Bertz CT molecular complexity index is 843. The first-order valence-corrected chi connectivity index (χ1v) is 14.2. The van der Waals surface area contributed by atoms with E-state index in [0.29, 0.717) is 30.5 Å². The average Bonchev–Trinajstić information content (AvgIpc) is 3.35. The molecule has 192 valence electrons. The quantitative estimate of drug-likeness (QED) is 0.474. The van der Waals surface area contributed by atoms with Crippen molar-refractivity contribution in [3.63, 3.8) is 0 Å². The number of Topliss-reactive ketones (excluding diaryl/α,β-unsaturated/α-hetero) is 1. The smallest absolute Gasteiger partial charge is 0.159 e. The van der Waals surface area contributed by atoms with Crippen LogP contribution in [0.15, 0.2) is 0 Å². The standard InChI is InChI=1S/C30H42O5/c1-2-3-6-14-30(15-9-16-30)27(35-29-11-5-8-18-33-29)13-12-24-25-21-23(31)19-22(25)20-26(24)34-28-10-4-7-17-32-28/h22,24-29H,2,4-5,7-11,14-21H2,1H3/t22-,24+,25-,26+,27+,28?,29-/m0/s1. The summed E-state index contributed by atoms with van der Waals surface area (Å²) in [6.45, 7) is 3.64. The lowest BCUT2D eigenvalue weighted by atomic mass is 9.63. The summed E-state index contributed by atoms with van der Waals surface area (Å²) in [4.78, 5) is 12.3. The second-order valence-electron chi connectivity index (χ2n) is 11.3. The van der Waals surface area contributed by atoms with E-state index in [-0.39, 0.29) is 36.1 Å². The van der Waals surface area contributed by atoms with Crippen molar-refractivity contribution in [2.45, 2.75) is 122 Å². The van der Waals surface area contributed by atoms with Gasteiger partial charge in [-0.25, -0.2) is 0 Å². The number of hydrogen-bond donors (Lipinski definition) is 0. The van der Waals surface area contributed by atoms with Crippen LogP contribution >= 0.6 is 0 Å². The van der Waals surface area contributed by atoms with E-state index in [9.17, 15) is 4.79 Å². The molecule has 0 aromatic heterocycles. The molecular formula is C30H42O5. The van der Waals surface area contributed by atoms with Crippen molar-refractivity contribution in [1.29, 1.82) is 0 Å². The van der Waals surface area contributed by atoms with Crippen molar-refractivity contribution in [2.24, 2.45) is 23.2 Å². The van der Waals surface area contributed by atoms with Crippen molar-refractivity contribution in [1.82, 2.24) is 0 Å². The van der Waals surface area contributed by atoms with Gasteiger partial charge >= 0.3 is 0 Å². The minimum Gasteiger partial charge on any atom is -0.353 e. The maximum atomic E-state index is 12.3. The number of rotatable bonds is 6. The van der Waals surface area contributed by atoms with Gasteiger partial charge in [-0.3, -0.25) is 4.79 Å². The van der Waals surface area contributed by atoms with Crippen LogP contribution in [0.1, 0.15) is 96.8 Å². The third-order valence-electron chi connectivity index (χ3n) is 8.87. The molecule has 5 heteroatoms. The third-order valence-corrected chi connectivity index (χ3v) is 8.87. The second-order valence-corrected chi connectivity index (χ2v) is 11.3. The van der Waals surface area contributed by atoms with Crippen molar-refractivity contribution in [2.75, 3.05) is 13.2 Å². The lowest BCUT2D eigenvalue weighted by molar-refractivity contribution is -0.206. The summed E-state index contributed by atoms with van der Waals surface area (Å²) in [6, 6.07) is 0. The second kappa shape index (κ2) is 11.8. The van der Waals surface area contributed by atoms with Gasteiger partial charge in [0.1, 0.15) is 11.9 Å².